The second-order valence-corrected chi connectivity index (χ2v) is 5.02. The normalized spacial score (nSPS) is 29.0. The van der Waals surface area contributed by atoms with Crippen molar-refractivity contribution in [1.29, 1.82) is 0 Å². The summed E-state index contributed by atoms with van der Waals surface area (Å²) in [6, 6.07) is -0.778. The van der Waals surface area contributed by atoms with Gasteiger partial charge in [0.25, 0.3) is 0 Å². The van der Waals surface area contributed by atoms with E-state index in [0.29, 0.717) is 11.4 Å². The molecule has 0 radical (unpaired) electrons. The Labute approximate surface area is 127 Å². The molecule has 1 fully saturated rings. The summed E-state index contributed by atoms with van der Waals surface area (Å²) < 4.78 is 5.22. The van der Waals surface area contributed by atoms with Crippen LogP contribution in [0.1, 0.15) is 13.3 Å². The molecule has 1 aliphatic heterocycles. The van der Waals surface area contributed by atoms with Crippen LogP contribution in [-0.2, 0) is 4.74 Å². The zero-order valence-electron chi connectivity index (χ0n) is 11.6. The third-order valence-electron chi connectivity index (χ3n) is 3.11. The molecule has 0 spiro atoms. The molecular formula is C11H20ClN3O6. The Morgan fingerprint density at radius 2 is 2.00 bits per heavy atom. The van der Waals surface area contributed by atoms with Crippen molar-refractivity contribution in [1.82, 2.24) is 9.91 Å². The highest BCUT2D eigenvalue weighted by Crippen LogP contribution is 2.20. The van der Waals surface area contributed by atoms with Gasteiger partial charge in [0, 0.05) is 12.4 Å². The number of nitroso groups, excluding NO2 is 1. The number of alkyl halides is 1. The Kier molecular flexibility index (Phi) is 7.26. The largest absolute Gasteiger partial charge is 0.388 e. The number of carbonyl (C=O) groups is 1. The van der Waals surface area contributed by atoms with E-state index in [1.807, 2.05) is 0 Å². The fraction of sp³-hybridized carbons (Fsp3) is 0.909. The summed E-state index contributed by atoms with van der Waals surface area (Å²) in [5.74, 6) is 0.0207. The van der Waals surface area contributed by atoms with Crippen molar-refractivity contribution in [2.75, 3.05) is 25.6 Å². The smallest absolute Gasteiger partial charge is 0.345 e. The summed E-state index contributed by atoms with van der Waals surface area (Å²) in [6.45, 7) is 1.65. The fourth-order valence-corrected chi connectivity index (χ4v) is 2.20. The number of aliphatic hydroxyl groups excluding tert-OH is 3. The molecule has 1 unspecified atom stereocenters. The van der Waals surface area contributed by atoms with Crippen LogP contribution in [0.5, 0.6) is 0 Å². The molecule has 1 heterocycles. The molecule has 0 aromatic rings. The van der Waals surface area contributed by atoms with Gasteiger partial charge in [0.15, 0.2) is 6.23 Å². The van der Waals surface area contributed by atoms with Gasteiger partial charge in [-0.3, -0.25) is 4.90 Å². The summed E-state index contributed by atoms with van der Waals surface area (Å²) in [6.07, 6.45) is -4.81. The molecule has 21 heavy (non-hydrogen) atoms. The minimum atomic E-state index is -1.49. The number of ether oxygens (including phenoxy) is 1. The first-order chi connectivity index (χ1) is 9.97. The van der Waals surface area contributed by atoms with Crippen molar-refractivity contribution < 1.29 is 24.9 Å². The standard InChI is InChI=1S/C11H20ClN3O6/c1-2-4-14(11(19)15(13-20)5-3-12)10-9(18)8(17)7(16)6-21-10/h7-10,16-18H,2-6H2,1H3/t7-,8-,9+,10?/m0/s1. The van der Waals surface area contributed by atoms with Crippen LogP contribution >= 0.6 is 11.6 Å². The Hall–Kier alpha value is -1.00. The molecule has 0 aliphatic carbocycles. The van der Waals surface area contributed by atoms with Crippen molar-refractivity contribution >= 4 is 17.6 Å². The highest BCUT2D eigenvalue weighted by molar-refractivity contribution is 6.18. The zero-order chi connectivity index (χ0) is 16.0. The minimum Gasteiger partial charge on any atom is -0.388 e. The molecule has 2 amide bonds. The molecule has 4 atom stereocenters. The van der Waals surface area contributed by atoms with E-state index in [4.69, 9.17) is 16.3 Å². The van der Waals surface area contributed by atoms with E-state index in [2.05, 4.69) is 5.29 Å². The first-order valence-electron chi connectivity index (χ1n) is 6.61. The van der Waals surface area contributed by atoms with Gasteiger partial charge in [-0.2, -0.15) is 5.01 Å². The van der Waals surface area contributed by atoms with E-state index in [-0.39, 0.29) is 25.6 Å². The maximum atomic E-state index is 12.3. The highest BCUT2D eigenvalue weighted by atomic mass is 35.5. The SMILES string of the molecule is CCCN(C(=O)N(CCCl)N=O)C1OC[C@H](O)[C@H](O)[C@H]1O. The minimum absolute atomic E-state index is 0.0207. The Bertz CT molecular complexity index is 361. The van der Waals surface area contributed by atoms with E-state index in [0.717, 1.165) is 4.90 Å². The number of rotatable bonds is 6. The monoisotopic (exact) mass is 325 g/mol. The van der Waals surface area contributed by atoms with Crippen LogP contribution in [-0.4, -0.2) is 81.4 Å². The number of hydrogen-bond acceptors (Lipinski definition) is 7. The van der Waals surface area contributed by atoms with Gasteiger partial charge in [-0.1, -0.05) is 6.92 Å². The van der Waals surface area contributed by atoms with Gasteiger partial charge >= 0.3 is 6.03 Å². The summed E-state index contributed by atoms with van der Waals surface area (Å²) in [7, 11) is 0. The molecule has 0 aromatic carbocycles. The van der Waals surface area contributed by atoms with Crippen LogP contribution in [0.15, 0.2) is 5.29 Å². The Balaban J connectivity index is 2.89. The van der Waals surface area contributed by atoms with E-state index in [9.17, 15) is 25.0 Å². The highest BCUT2D eigenvalue weighted by Gasteiger charge is 2.43. The molecule has 9 nitrogen and oxygen atoms in total. The van der Waals surface area contributed by atoms with E-state index >= 15 is 0 Å². The summed E-state index contributed by atoms with van der Waals surface area (Å²) >= 11 is 5.49. The van der Waals surface area contributed by atoms with Gasteiger partial charge in [-0.15, -0.1) is 16.5 Å². The van der Waals surface area contributed by atoms with Crippen molar-refractivity contribution in [3.8, 4) is 0 Å². The predicted octanol–water partition coefficient (Wildman–Crippen LogP) is -0.520. The van der Waals surface area contributed by atoms with Crippen LogP contribution in [0.2, 0.25) is 0 Å². The lowest BCUT2D eigenvalue weighted by atomic mass is 10.0. The molecule has 122 valence electrons. The number of aliphatic hydroxyl groups is 3. The number of carbonyl (C=O) groups excluding carboxylic acids is 1. The average Bonchev–Trinajstić information content (AvgIpc) is 2.48. The van der Waals surface area contributed by atoms with Crippen molar-refractivity contribution in [2.24, 2.45) is 5.29 Å². The van der Waals surface area contributed by atoms with Crippen molar-refractivity contribution in [3.63, 3.8) is 0 Å². The van der Waals surface area contributed by atoms with Crippen molar-refractivity contribution in [3.05, 3.63) is 4.91 Å². The molecule has 3 N–H and O–H groups in total. The van der Waals surface area contributed by atoms with E-state index in [1.165, 1.54) is 0 Å². The van der Waals surface area contributed by atoms with Gasteiger partial charge in [-0.25, -0.2) is 4.79 Å². The third kappa shape index (κ3) is 4.24. The van der Waals surface area contributed by atoms with Crippen LogP contribution in [0.3, 0.4) is 0 Å². The van der Waals surface area contributed by atoms with Crippen LogP contribution in [0, 0.1) is 4.91 Å². The summed E-state index contributed by atoms with van der Waals surface area (Å²) in [5, 5.41) is 32.3. The predicted molar refractivity (Wildman–Crippen MR) is 73.4 cm³/mol. The molecule has 0 aromatic heterocycles. The maximum absolute atomic E-state index is 12.3. The molecule has 10 heteroatoms. The lowest BCUT2D eigenvalue weighted by Crippen LogP contribution is -2.61. The third-order valence-corrected chi connectivity index (χ3v) is 3.28. The summed E-state index contributed by atoms with van der Waals surface area (Å²) in [5.41, 5.74) is 0. The topological polar surface area (TPSA) is 123 Å². The van der Waals surface area contributed by atoms with Crippen LogP contribution in [0.25, 0.3) is 0 Å². The Morgan fingerprint density at radius 1 is 1.33 bits per heavy atom. The van der Waals surface area contributed by atoms with Crippen molar-refractivity contribution in [2.45, 2.75) is 37.9 Å². The lowest BCUT2D eigenvalue weighted by molar-refractivity contribution is -0.220. The number of nitrogens with zero attached hydrogens (tertiary/aromatic N) is 3. The zero-order valence-corrected chi connectivity index (χ0v) is 12.4. The van der Waals surface area contributed by atoms with E-state index < -0.39 is 30.6 Å². The Morgan fingerprint density at radius 3 is 2.52 bits per heavy atom. The molecule has 0 bridgehead atoms. The van der Waals surface area contributed by atoms with Crippen LogP contribution in [0.4, 0.5) is 4.79 Å². The second kappa shape index (κ2) is 8.44. The quantitative estimate of drug-likeness (QED) is 0.343. The molecule has 1 rings (SSSR count). The van der Waals surface area contributed by atoms with Gasteiger partial charge in [0.05, 0.1) is 18.4 Å². The number of hydrogen-bond donors (Lipinski definition) is 3. The molecule has 1 aliphatic rings. The maximum Gasteiger partial charge on any atom is 0.345 e. The fourth-order valence-electron chi connectivity index (χ4n) is 2.04. The molecule has 1 saturated heterocycles. The van der Waals surface area contributed by atoms with Gasteiger partial charge in [-0.05, 0) is 6.42 Å². The second-order valence-electron chi connectivity index (χ2n) is 4.64. The summed E-state index contributed by atoms with van der Waals surface area (Å²) in [4.78, 5) is 24.0. The molecule has 0 saturated carbocycles. The first-order valence-corrected chi connectivity index (χ1v) is 7.14. The number of urea groups is 1. The molecular weight excluding hydrogens is 306 g/mol. The van der Waals surface area contributed by atoms with Gasteiger partial charge < -0.3 is 20.1 Å². The van der Waals surface area contributed by atoms with Crippen LogP contribution < -0.4 is 0 Å². The average molecular weight is 326 g/mol. The number of amides is 2. The van der Waals surface area contributed by atoms with E-state index in [1.54, 1.807) is 6.92 Å². The van der Waals surface area contributed by atoms with Gasteiger partial charge in [0.1, 0.15) is 18.3 Å². The number of halogens is 1. The first kappa shape index (κ1) is 18.1. The lowest BCUT2D eigenvalue weighted by Gasteiger charge is -2.41. The van der Waals surface area contributed by atoms with Gasteiger partial charge in [0.2, 0.25) is 0 Å².